The summed E-state index contributed by atoms with van der Waals surface area (Å²) in [6, 6.07) is 8.45. The van der Waals surface area contributed by atoms with Crippen LogP contribution < -0.4 is 5.56 Å². The highest BCUT2D eigenvalue weighted by atomic mass is 32.2. The van der Waals surface area contributed by atoms with Crippen LogP contribution in [0.4, 0.5) is 13.2 Å². The number of H-pyrrole nitrogens is 1. The van der Waals surface area contributed by atoms with Gasteiger partial charge in [-0.1, -0.05) is 44.9 Å². The summed E-state index contributed by atoms with van der Waals surface area (Å²) in [6.07, 6.45) is 1.86. The molecular formula is C26H33F3N2O3S. The van der Waals surface area contributed by atoms with Crippen LogP contribution in [0.15, 0.2) is 52.2 Å². The molecule has 1 aromatic carbocycles. The standard InChI is InChI=1S/C26H33F3N2O3S/c1-3-31(4-2)16-7-17-35(33,34)21-12-10-20(11-13-21)22(18-19-8-5-6-9-19)24-15-14-23(25(32)30-24)26(27,28)29/h10-15,18-19H,3-9,16-17H2,1-2H3,(H,30,32). The Hall–Kier alpha value is -2.39. The molecule has 3 rings (SSSR count). The third kappa shape index (κ3) is 7.07. The van der Waals surface area contributed by atoms with Crippen LogP contribution in [-0.2, 0) is 16.0 Å². The van der Waals surface area contributed by atoms with E-state index in [4.69, 9.17) is 0 Å². The Balaban J connectivity index is 1.88. The molecule has 1 N–H and O–H groups in total. The third-order valence-corrected chi connectivity index (χ3v) is 8.43. The second-order valence-electron chi connectivity index (χ2n) is 8.96. The van der Waals surface area contributed by atoms with Gasteiger partial charge >= 0.3 is 6.18 Å². The van der Waals surface area contributed by atoms with Gasteiger partial charge in [0.15, 0.2) is 9.84 Å². The third-order valence-electron chi connectivity index (χ3n) is 6.61. The van der Waals surface area contributed by atoms with Crippen LogP contribution in [0.1, 0.15) is 62.8 Å². The van der Waals surface area contributed by atoms with Crippen LogP contribution in [0.2, 0.25) is 0 Å². The van der Waals surface area contributed by atoms with E-state index in [9.17, 15) is 26.4 Å². The van der Waals surface area contributed by atoms with Crippen molar-refractivity contribution in [3.8, 4) is 0 Å². The first-order valence-electron chi connectivity index (χ1n) is 12.1. The molecule has 0 spiro atoms. The lowest BCUT2D eigenvalue weighted by atomic mass is 9.96. The van der Waals surface area contributed by atoms with Crippen molar-refractivity contribution in [1.29, 1.82) is 0 Å². The Labute approximate surface area is 205 Å². The predicted octanol–water partition coefficient (Wildman–Crippen LogP) is 5.52. The summed E-state index contributed by atoms with van der Waals surface area (Å²) in [6.45, 7) is 6.52. The molecule has 1 fully saturated rings. The molecular weight excluding hydrogens is 477 g/mol. The quantitative estimate of drug-likeness (QED) is 0.457. The fraction of sp³-hybridized carbons (Fsp3) is 0.500. The van der Waals surface area contributed by atoms with E-state index < -0.39 is 27.1 Å². The number of alkyl halides is 3. The van der Waals surface area contributed by atoms with E-state index in [1.807, 2.05) is 19.9 Å². The van der Waals surface area contributed by atoms with Gasteiger partial charge in [0.05, 0.1) is 10.6 Å². The van der Waals surface area contributed by atoms with Crippen LogP contribution in [-0.4, -0.2) is 43.7 Å². The Morgan fingerprint density at radius 1 is 1.06 bits per heavy atom. The fourth-order valence-corrected chi connectivity index (χ4v) is 5.83. The summed E-state index contributed by atoms with van der Waals surface area (Å²) in [4.78, 5) is 16.9. The summed E-state index contributed by atoms with van der Waals surface area (Å²) in [7, 11) is -3.46. The number of sulfone groups is 1. The normalized spacial score (nSPS) is 15.8. The van der Waals surface area contributed by atoms with Crippen molar-refractivity contribution < 1.29 is 21.6 Å². The van der Waals surface area contributed by atoms with Gasteiger partial charge in [0.2, 0.25) is 0 Å². The number of hydrogen-bond donors (Lipinski definition) is 1. The maximum atomic E-state index is 13.1. The van der Waals surface area contributed by atoms with Crippen molar-refractivity contribution in [2.45, 2.75) is 57.0 Å². The Morgan fingerprint density at radius 3 is 2.23 bits per heavy atom. The van der Waals surface area contributed by atoms with Gasteiger partial charge in [-0.25, -0.2) is 8.42 Å². The second kappa shape index (κ2) is 11.6. The van der Waals surface area contributed by atoms with Gasteiger partial charge in [0.1, 0.15) is 5.56 Å². The van der Waals surface area contributed by atoms with Crippen molar-refractivity contribution in [3.05, 3.63) is 69.6 Å². The van der Waals surface area contributed by atoms with Gasteiger partial charge in [-0.2, -0.15) is 13.2 Å². The van der Waals surface area contributed by atoms with Gasteiger partial charge in [-0.3, -0.25) is 4.79 Å². The molecule has 0 unspecified atom stereocenters. The van der Waals surface area contributed by atoms with Crippen LogP contribution in [0, 0.1) is 5.92 Å². The summed E-state index contributed by atoms with van der Waals surface area (Å²) in [5.41, 5.74) is -0.903. The number of pyridine rings is 1. The SMILES string of the molecule is CCN(CC)CCCS(=O)(=O)c1ccc(C(=CC2CCCC2)c2ccc(C(F)(F)F)c(=O)[nH]2)cc1. The van der Waals surface area contributed by atoms with E-state index in [-0.39, 0.29) is 22.3 Å². The molecule has 1 saturated carbocycles. The van der Waals surface area contributed by atoms with Crippen molar-refractivity contribution in [2.24, 2.45) is 5.92 Å². The van der Waals surface area contributed by atoms with Crippen molar-refractivity contribution >= 4 is 15.4 Å². The molecule has 2 aromatic rings. The van der Waals surface area contributed by atoms with Gasteiger partial charge in [0.25, 0.3) is 5.56 Å². The molecule has 35 heavy (non-hydrogen) atoms. The minimum absolute atomic E-state index is 0.0415. The van der Waals surface area contributed by atoms with Gasteiger partial charge in [-0.15, -0.1) is 0 Å². The van der Waals surface area contributed by atoms with E-state index in [0.29, 0.717) is 24.1 Å². The van der Waals surface area contributed by atoms with Crippen molar-refractivity contribution in [2.75, 3.05) is 25.4 Å². The average Bonchev–Trinajstić information content (AvgIpc) is 3.33. The number of rotatable bonds is 10. The maximum Gasteiger partial charge on any atom is 0.421 e. The van der Waals surface area contributed by atoms with E-state index in [1.165, 1.54) is 18.2 Å². The second-order valence-corrected chi connectivity index (χ2v) is 11.1. The molecule has 1 heterocycles. The lowest BCUT2D eigenvalue weighted by Crippen LogP contribution is -2.25. The molecule has 0 atom stereocenters. The molecule has 0 bridgehead atoms. The number of halogens is 3. The minimum Gasteiger partial charge on any atom is -0.321 e. The zero-order valence-electron chi connectivity index (χ0n) is 20.2. The lowest BCUT2D eigenvalue weighted by Gasteiger charge is -2.17. The molecule has 1 aliphatic rings. The smallest absolute Gasteiger partial charge is 0.321 e. The lowest BCUT2D eigenvalue weighted by molar-refractivity contribution is -0.138. The number of benzene rings is 1. The number of nitrogens with one attached hydrogen (secondary N) is 1. The predicted molar refractivity (Wildman–Crippen MR) is 132 cm³/mol. The number of allylic oxidation sites excluding steroid dienone is 1. The average molecular weight is 511 g/mol. The highest BCUT2D eigenvalue weighted by Gasteiger charge is 2.34. The van der Waals surface area contributed by atoms with Gasteiger partial charge < -0.3 is 9.88 Å². The topological polar surface area (TPSA) is 70.2 Å². The Bertz CT molecular complexity index is 1180. The molecule has 0 amide bonds. The number of nitrogens with zero attached hydrogens (tertiary/aromatic N) is 1. The summed E-state index contributed by atoms with van der Waals surface area (Å²) >= 11 is 0. The summed E-state index contributed by atoms with van der Waals surface area (Å²) in [5, 5.41) is 0. The molecule has 192 valence electrons. The zero-order chi connectivity index (χ0) is 25.6. The van der Waals surface area contributed by atoms with Gasteiger partial charge in [-0.05, 0) is 74.6 Å². The molecule has 0 saturated heterocycles. The van der Waals surface area contributed by atoms with Crippen molar-refractivity contribution in [1.82, 2.24) is 9.88 Å². The Morgan fingerprint density at radius 2 is 1.69 bits per heavy atom. The number of aromatic amines is 1. The maximum absolute atomic E-state index is 13.1. The first kappa shape index (κ1) is 27.2. The van der Waals surface area contributed by atoms with Crippen LogP contribution in [0.3, 0.4) is 0 Å². The van der Waals surface area contributed by atoms with E-state index in [1.54, 1.807) is 12.1 Å². The van der Waals surface area contributed by atoms with Crippen LogP contribution >= 0.6 is 0 Å². The summed E-state index contributed by atoms with van der Waals surface area (Å²) < 4.78 is 64.8. The monoisotopic (exact) mass is 510 g/mol. The minimum atomic E-state index is -4.73. The van der Waals surface area contributed by atoms with E-state index in [0.717, 1.165) is 44.8 Å². The highest BCUT2D eigenvalue weighted by molar-refractivity contribution is 7.91. The van der Waals surface area contributed by atoms with Crippen LogP contribution in [0.25, 0.3) is 5.57 Å². The molecule has 0 aliphatic heterocycles. The first-order chi connectivity index (χ1) is 16.5. The number of hydrogen-bond acceptors (Lipinski definition) is 4. The van der Waals surface area contributed by atoms with Gasteiger partial charge in [0, 0.05) is 11.3 Å². The highest BCUT2D eigenvalue weighted by Crippen LogP contribution is 2.33. The van der Waals surface area contributed by atoms with Crippen molar-refractivity contribution in [3.63, 3.8) is 0 Å². The largest absolute Gasteiger partial charge is 0.421 e. The Kier molecular flexibility index (Phi) is 8.99. The molecule has 0 radical (unpaired) electrons. The van der Waals surface area contributed by atoms with Crippen LogP contribution in [0.5, 0.6) is 0 Å². The fourth-order valence-electron chi connectivity index (χ4n) is 4.53. The molecule has 5 nitrogen and oxygen atoms in total. The zero-order valence-corrected chi connectivity index (χ0v) is 21.0. The number of aromatic nitrogens is 1. The molecule has 1 aliphatic carbocycles. The summed E-state index contributed by atoms with van der Waals surface area (Å²) in [5.74, 6) is 0.291. The molecule has 9 heteroatoms. The first-order valence-corrected chi connectivity index (χ1v) is 13.8. The van der Waals surface area contributed by atoms with E-state index >= 15 is 0 Å². The van der Waals surface area contributed by atoms with E-state index in [2.05, 4.69) is 9.88 Å². The molecule has 1 aromatic heterocycles.